The summed E-state index contributed by atoms with van der Waals surface area (Å²) in [6.07, 6.45) is 2.44. The lowest BCUT2D eigenvalue weighted by molar-refractivity contribution is 0.152. The van der Waals surface area contributed by atoms with Crippen molar-refractivity contribution in [3.63, 3.8) is 0 Å². The average Bonchev–Trinajstić information content (AvgIpc) is 3.12. The third kappa shape index (κ3) is 3.26. The Morgan fingerprint density at radius 1 is 1.21 bits per heavy atom. The van der Waals surface area contributed by atoms with Gasteiger partial charge >= 0.3 is 0 Å². The van der Waals surface area contributed by atoms with Crippen LogP contribution < -0.4 is 15.4 Å². The fourth-order valence-corrected chi connectivity index (χ4v) is 3.65. The summed E-state index contributed by atoms with van der Waals surface area (Å²) in [6, 6.07) is 6.81. The van der Waals surface area contributed by atoms with Gasteiger partial charge in [-0.1, -0.05) is 0 Å². The Labute approximate surface area is 161 Å². The molecule has 28 heavy (non-hydrogen) atoms. The van der Waals surface area contributed by atoms with E-state index in [0.717, 1.165) is 24.1 Å². The predicted molar refractivity (Wildman–Crippen MR) is 104 cm³/mol. The summed E-state index contributed by atoms with van der Waals surface area (Å²) >= 11 is 0. The van der Waals surface area contributed by atoms with E-state index in [9.17, 15) is 8.78 Å². The van der Waals surface area contributed by atoms with Crippen molar-refractivity contribution in [2.45, 2.75) is 19.3 Å². The summed E-state index contributed by atoms with van der Waals surface area (Å²) < 4.78 is 34.7. The highest BCUT2D eigenvalue weighted by Gasteiger charge is 2.25. The van der Waals surface area contributed by atoms with E-state index < -0.39 is 6.43 Å². The first-order chi connectivity index (χ1) is 13.5. The second kappa shape index (κ2) is 7.10. The first-order valence-electron chi connectivity index (χ1n) is 8.99. The summed E-state index contributed by atoms with van der Waals surface area (Å²) in [6.45, 7) is 0.668. The van der Waals surface area contributed by atoms with Crippen LogP contribution in [0.3, 0.4) is 0 Å². The third-order valence-electron chi connectivity index (χ3n) is 4.94. The molecule has 3 heterocycles. The van der Waals surface area contributed by atoms with E-state index in [0.29, 0.717) is 35.1 Å². The van der Waals surface area contributed by atoms with E-state index in [1.807, 2.05) is 11.0 Å². The number of hydrogen-bond acceptors (Lipinski definition) is 5. The molecule has 6 nitrogen and oxygen atoms in total. The van der Waals surface area contributed by atoms with E-state index >= 15 is 0 Å². The van der Waals surface area contributed by atoms with E-state index in [4.69, 9.17) is 10.5 Å². The summed E-state index contributed by atoms with van der Waals surface area (Å²) in [4.78, 5) is 6.31. The van der Waals surface area contributed by atoms with Gasteiger partial charge in [0.25, 0.3) is 6.43 Å². The third-order valence-corrected chi connectivity index (χ3v) is 4.94. The molecular formula is C20H21F2N5O. The maximum absolute atomic E-state index is 13.9. The topological polar surface area (TPSA) is 69.2 Å². The number of halogens is 2. The number of rotatable bonds is 4. The van der Waals surface area contributed by atoms with Crippen LogP contribution in [0.4, 0.5) is 26.1 Å². The van der Waals surface area contributed by atoms with Gasteiger partial charge in [0.2, 0.25) is 0 Å². The van der Waals surface area contributed by atoms with Gasteiger partial charge in [-0.2, -0.15) is 5.10 Å². The first-order valence-corrected chi connectivity index (χ1v) is 8.99. The Bertz CT molecular complexity index is 1020. The smallest absolute Gasteiger partial charge is 0.264 e. The number of aryl methyl sites for hydroxylation is 2. The van der Waals surface area contributed by atoms with Gasteiger partial charge in [0.1, 0.15) is 17.4 Å². The Morgan fingerprint density at radius 3 is 2.71 bits per heavy atom. The Hall–Kier alpha value is -3.16. The molecule has 1 aromatic carbocycles. The molecule has 0 aliphatic carbocycles. The number of nitrogens with zero attached hydrogens (tertiary/aromatic N) is 4. The molecule has 8 heteroatoms. The van der Waals surface area contributed by atoms with Crippen molar-refractivity contribution in [1.82, 2.24) is 14.8 Å². The molecule has 146 valence electrons. The van der Waals surface area contributed by atoms with Crippen molar-refractivity contribution in [3.8, 4) is 16.9 Å². The lowest BCUT2D eigenvalue weighted by Crippen LogP contribution is -2.26. The number of benzene rings is 1. The normalized spacial score (nSPS) is 13.7. The number of hydrogen-bond donors (Lipinski definition) is 1. The number of anilines is 3. The highest BCUT2D eigenvalue weighted by atomic mass is 19.3. The highest BCUT2D eigenvalue weighted by Crippen LogP contribution is 2.41. The van der Waals surface area contributed by atoms with Crippen LogP contribution in [0.2, 0.25) is 0 Å². The van der Waals surface area contributed by atoms with Crippen molar-refractivity contribution in [2.24, 2.45) is 7.05 Å². The molecule has 0 bridgehead atoms. The number of pyridine rings is 1. The number of nitrogen functional groups attached to an aromatic ring is 1. The zero-order valence-corrected chi connectivity index (χ0v) is 15.7. The molecule has 0 fully saturated rings. The number of ether oxygens (including phenoxy) is 1. The van der Waals surface area contributed by atoms with Crippen LogP contribution in [0, 0.1) is 0 Å². The molecule has 0 atom stereocenters. The van der Waals surface area contributed by atoms with E-state index in [1.54, 1.807) is 49.4 Å². The van der Waals surface area contributed by atoms with Crippen molar-refractivity contribution < 1.29 is 13.5 Å². The standard InChI is InChI=1S/C20H21F2N5O/c1-26-11-13(10-24-26)15-6-12-4-3-5-27(17(12)9-16(15)20(21)22)19-8-14(28-2)7-18(23)25-19/h6-11,20H,3-5H2,1-2H3,(H2,23,25). The van der Waals surface area contributed by atoms with E-state index in [-0.39, 0.29) is 5.56 Å². The first kappa shape index (κ1) is 18.2. The molecule has 0 saturated carbocycles. The zero-order chi connectivity index (χ0) is 19.8. The summed E-state index contributed by atoms with van der Waals surface area (Å²) in [7, 11) is 3.32. The van der Waals surface area contributed by atoms with Crippen LogP contribution in [-0.4, -0.2) is 28.4 Å². The minimum absolute atomic E-state index is 0.0190. The Balaban J connectivity index is 1.85. The highest BCUT2D eigenvalue weighted by molar-refractivity contribution is 5.76. The molecule has 0 spiro atoms. The van der Waals surface area contributed by atoms with E-state index in [1.165, 1.54) is 0 Å². The van der Waals surface area contributed by atoms with Gasteiger partial charge in [-0.3, -0.25) is 4.68 Å². The Kier molecular flexibility index (Phi) is 4.62. The van der Waals surface area contributed by atoms with E-state index in [2.05, 4.69) is 10.1 Å². The minimum atomic E-state index is -2.60. The number of aromatic nitrogens is 3. The van der Waals surface area contributed by atoms with Crippen molar-refractivity contribution in [1.29, 1.82) is 0 Å². The van der Waals surface area contributed by atoms with Crippen LogP contribution in [0.25, 0.3) is 11.1 Å². The SMILES string of the molecule is COc1cc(N)nc(N2CCCc3cc(-c4cnn(C)c4)c(C(F)F)cc32)c1. The van der Waals surface area contributed by atoms with Crippen LogP contribution in [0.15, 0.2) is 36.7 Å². The van der Waals surface area contributed by atoms with Gasteiger partial charge in [0, 0.05) is 48.7 Å². The van der Waals surface area contributed by atoms with Gasteiger partial charge in [0.15, 0.2) is 0 Å². The molecule has 1 aliphatic heterocycles. The summed E-state index contributed by atoms with van der Waals surface area (Å²) in [5, 5.41) is 4.12. The number of fused-ring (bicyclic) bond motifs is 1. The fraction of sp³-hybridized carbons (Fsp3) is 0.300. The second-order valence-corrected chi connectivity index (χ2v) is 6.82. The average molecular weight is 385 g/mol. The van der Waals surface area contributed by atoms with Crippen LogP contribution in [0.5, 0.6) is 5.75 Å². The van der Waals surface area contributed by atoms with Gasteiger partial charge in [-0.15, -0.1) is 0 Å². The molecule has 2 N–H and O–H groups in total. The van der Waals surface area contributed by atoms with Crippen molar-refractivity contribution >= 4 is 17.3 Å². The monoisotopic (exact) mass is 385 g/mol. The molecule has 0 unspecified atom stereocenters. The van der Waals surface area contributed by atoms with Gasteiger partial charge in [-0.25, -0.2) is 13.8 Å². The molecule has 2 aromatic heterocycles. The van der Waals surface area contributed by atoms with Gasteiger partial charge < -0.3 is 15.4 Å². The number of methoxy groups -OCH3 is 1. The number of nitrogens with two attached hydrogens (primary N) is 1. The van der Waals surface area contributed by atoms with Gasteiger partial charge in [0.05, 0.1) is 13.3 Å². The quantitative estimate of drug-likeness (QED) is 0.732. The molecule has 0 radical (unpaired) electrons. The van der Waals surface area contributed by atoms with Crippen molar-refractivity contribution in [2.75, 3.05) is 24.3 Å². The zero-order valence-electron chi connectivity index (χ0n) is 15.7. The molecule has 4 rings (SSSR count). The summed E-state index contributed by atoms with van der Waals surface area (Å²) in [5.41, 5.74) is 8.80. The Morgan fingerprint density at radius 2 is 2.04 bits per heavy atom. The maximum Gasteiger partial charge on any atom is 0.264 e. The van der Waals surface area contributed by atoms with Gasteiger partial charge in [-0.05, 0) is 36.1 Å². The molecule has 1 aliphatic rings. The largest absolute Gasteiger partial charge is 0.496 e. The number of alkyl halides is 2. The van der Waals surface area contributed by atoms with Crippen molar-refractivity contribution in [3.05, 3.63) is 47.8 Å². The molecular weight excluding hydrogens is 364 g/mol. The maximum atomic E-state index is 13.9. The molecule has 3 aromatic rings. The summed E-state index contributed by atoms with van der Waals surface area (Å²) in [5.74, 6) is 1.49. The fourth-order valence-electron chi connectivity index (χ4n) is 3.65. The van der Waals surface area contributed by atoms with Crippen LogP contribution in [0.1, 0.15) is 24.0 Å². The van der Waals surface area contributed by atoms with Crippen LogP contribution >= 0.6 is 0 Å². The predicted octanol–water partition coefficient (Wildman–Crippen LogP) is 4.09. The minimum Gasteiger partial charge on any atom is -0.496 e. The lowest BCUT2D eigenvalue weighted by atomic mass is 9.93. The lowest BCUT2D eigenvalue weighted by Gasteiger charge is -2.32. The molecule has 0 amide bonds. The van der Waals surface area contributed by atoms with Crippen LogP contribution in [-0.2, 0) is 13.5 Å². The second-order valence-electron chi connectivity index (χ2n) is 6.82. The molecule has 0 saturated heterocycles.